The summed E-state index contributed by atoms with van der Waals surface area (Å²) in [6.45, 7) is 11.1. The number of rotatable bonds is 26. The quantitative estimate of drug-likeness (QED) is 0.0391. The smallest absolute Gasteiger partial charge is 0.175 e. The zero-order chi connectivity index (χ0) is 42.0. The molecule has 0 aliphatic rings. The summed E-state index contributed by atoms with van der Waals surface area (Å²) in [5, 5.41) is 3.33. The molecule has 0 N–H and O–H groups in total. The van der Waals surface area contributed by atoms with Crippen LogP contribution in [0.1, 0.15) is 178 Å². The van der Waals surface area contributed by atoms with E-state index < -0.39 is 0 Å². The maximum atomic E-state index is 16.3. The molecule has 322 valence electrons. The summed E-state index contributed by atoms with van der Waals surface area (Å²) in [5.41, 5.74) is 2.72. The molecular weight excluding hydrogens is 852 g/mol. The molecule has 0 atom stereocenters. The fourth-order valence-corrected chi connectivity index (χ4v) is 16.2. The third kappa shape index (κ3) is 10.8. The molecule has 0 bridgehead atoms. The number of hydrogen-bond donors (Lipinski definition) is 0. The zero-order valence-corrected chi connectivity index (χ0v) is 41.7. The molecule has 0 fully saturated rings. The minimum atomic E-state index is -0.297. The first-order valence-corrected chi connectivity index (χ1v) is 28.1. The van der Waals surface area contributed by atoms with Crippen LogP contribution in [-0.4, -0.2) is 5.78 Å². The van der Waals surface area contributed by atoms with E-state index in [1.165, 1.54) is 175 Å². The van der Waals surface area contributed by atoms with E-state index in [1.807, 2.05) is 52.3 Å². The molecule has 6 aromatic heterocycles. The van der Waals surface area contributed by atoms with Crippen LogP contribution in [0.3, 0.4) is 0 Å². The monoisotopic (exact) mass is 916 g/mol. The Labute approximate surface area is 383 Å². The first-order chi connectivity index (χ1) is 29.3. The third-order valence-electron chi connectivity index (χ3n) is 12.1. The predicted octanol–water partition coefficient (Wildman–Crippen LogP) is 20.4. The van der Waals surface area contributed by atoms with Crippen molar-refractivity contribution in [1.29, 1.82) is 0 Å². The molecule has 1 aromatic carbocycles. The van der Waals surface area contributed by atoms with Crippen molar-refractivity contribution >= 4 is 104 Å². The highest BCUT2D eigenvalue weighted by Gasteiger charge is 2.28. The Morgan fingerprint density at radius 1 is 0.517 bits per heavy atom. The Morgan fingerprint density at radius 2 is 1.02 bits per heavy atom. The molecule has 7 rings (SSSR count). The van der Waals surface area contributed by atoms with Crippen molar-refractivity contribution in [3.63, 3.8) is 0 Å². The Kier molecular flexibility index (Phi) is 17.1. The summed E-state index contributed by atoms with van der Waals surface area (Å²) in [6.07, 6.45) is 26.5. The van der Waals surface area contributed by atoms with Gasteiger partial charge in [-0.15, -0.1) is 68.0 Å². The number of aryl methyl sites for hydroxylation is 4. The van der Waals surface area contributed by atoms with Gasteiger partial charge in [0.15, 0.2) is 11.6 Å². The van der Waals surface area contributed by atoms with E-state index in [0.717, 1.165) is 46.6 Å². The second kappa shape index (κ2) is 22.4. The number of carbonyl (C=O) groups excluding carboxylic acids is 1. The van der Waals surface area contributed by atoms with Crippen LogP contribution in [0.5, 0.6) is 0 Å². The summed E-state index contributed by atoms with van der Waals surface area (Å²) < 4.78 is 19.9. The fraction of sp³-hybridized carbons (Fsp3) is 0.519. The van der Waals surface area contributed by atoms with Crippen molar-refractivity contribution in [2.24, 2.45) is 0 Å². The molecule has 0 saturated carbocycles. The van der Waals surface area contributed by atoms with Crippen LogP contribution in [0.4, 0.5) is 4.39 Å². The number of fused-ring (bicyclic) bond motifs is 3. The van der Waals surface area contributed by atoms with Crippen LogP contribution in [0.2, 0.25) is 0 Å². The van der Waals surface area contributed by atoms with E-state index >= 15 is 4.39 Å². The predicted molar refractivity (Wildman–Crippen MR) is 273 cm³/mol. The number of unbranched alkanes of at least 4 members (excludes halogenated alkanes) is 16. The summed E-state index contributed by atoms with van der Waals surface area (Å²) in [6, 6.07) is 14.4. The largest absolute Gasteiger partial charge is 0.293 e. The van der Waals surface area contributed by atoms with Crippen LogP contribution in [0, 0.1) is 19.7 Å². The minimum Gasteiger partial charge on any atom is -0.293 e. The van der Waals surface area contributed by atoms with Crippen molar-refractivity contribution in [1.82, 2.24) is 0 Å². The van der Waals surface area contributed by atoms with Gasteiger partial charge < -0.3 is 0 Å². The molecular formula is C52H65FOS6. The Bertz CT molecular complexity index is 2350. The normalized spacial score (nSPS) is 12.0. The highest BCUT2D eigenvalue weighted by atomic mass is 32.1. The van der Waals surface area contributed by atoms with Crippen LogP contribution in [0.15, 0.2) is 36.4 Å². The first kappa shape index (κ1) is 45.8. The molecule has 0 saturated heterocycles. The molecule has 0 radical (unpaired) electrons. The Hall–Kier alpha value is -2.20. The Balaban J connectivity index is 1.26. The summed E-state index contributed by atoms with van der Waals surface area (Å²) in [7, 11) is 0. The lowest BCUT2D eigenvalue weighted by atomic mass is 9.99. The summed E-state index contributed by atoms with van der Waals surface area (Å²) >= 11 is 10.9. The first-order valence-electron chi connectivity index (χ1n) is 23.3. The summed E-state index contributed by atoms with van der Waals surface area (Å²) in [5.74, 6) is -0.326. The van der Waals surface area contributed by atoms with Gasteiger partial charge in [-0.3, -0.25) is 4.79 Å². The van der Waals surface area contributed by atoms with Gasteiger partial charge in [-0.1, -0.05) is 124 Å². The van der Waals surface area contributed by atoms with Crippen LogP contribution < -0.4 is 0 Å². The van der Waals surface area contributed by atoms with Gasteiger partial charge in [0, 0.05) is 77.2 Å². The average molecular weight is 917 g/mol. The number of ketones is 1. The Morgan fingerprint density at radius 3 is 1.58 bits per heavy atom. The lowest BCUT2D eigenvalue weighted by Gasteiger charge is -2.09. The van der Waals surface area contributed by atoms with E-state index in [2.05, 4.69) is 64.1 Å². The van der Waals surface area contributed by atoms with Gasteiger partial charge in [0.05, 0.1) is 9.58 Å². The molecule has 7 aromatic rings. The number of benzene rings is 1. The van der Waals surface area contributed by atoms with E-state index in [0.29, 0.717) is 16.7 Å². The molecule has 1 nitrogen and oxygen atoms in total. The molecule has 0 aliphatic carbocycles. The lowest BCUT2D eigenvalue weighted by Crippen LogP contribution is -1.98. The lowest BCUT2D eigenvalue weighted by molar-refractivity contribution is 0.0979. The van der Waals surface area contributed by atoms with Crippen LogP contribution in [-0.2, 0) is 12.8 Å². The summed E-state index contributed by atoms with van der Waals surface area (Å²) in [4.78, 5) is 24.1. The van der Waals surface area contributed by atoms with Crippen LogP contribution >= 0.6 is 68.0 Å². The highest BCUT2D eigenvalue weighted by Crippen LogP contribution is 2.55. The van der Waals surface area contributed by atoms with Gasteiger partial charge in [-0.2, -0.15) is 0 Å². The van der Waals surface area contributed by atoms with Gasteiger partial charge in [-0.05, 0) is 82.3 Å². The van der Waals surface area contributed by atoms with Crippen molar-refractivity contribution in [2.75, 3.05) is 0 Å². The second-order valence-electron chi connectivity index (χ2n) is 17.0. The van der Waals surface area contributed by atoms with Gasteiger partial charge >= 0.3 is 0 Å². The van der Waals surface area contributed by atoms with E-state index in [1.54, 1.807) is 11.3 Å². The van der Waals surface area contributed by atoms with Crippen molar-refractivity contribution in [3.8, 4) is 30.6 Å². The zero-order valence-electron chi connectivity index (χ0n) is 36.8. The number of hydrogen-bond acceptors (Lipinski definition) is 7. The third-order valence-corrected chi connectivity index (χ3v) is 19.3. The highest BCUT2D eigenvalue weighted by molar-refractivity contribution is 7.32. The molecule has 6 heterocycles. The standard InChI is InChI=1S/C52H65FOS6/c1-6-9-12-15-18-21-24-27-40(54)50-47(53)44-35(5)56-51(52(44)60-50)43-33-39-46(42-31-29-37(58-42)26-23-20-17-14-11-8-3)48-38(32-34(4)55-48)45(49(39)59-43)41-30-28-36(57-41)25-22-19-16-13-10-7-2/h28-33H,6-27H2,1-5H3. The van der Waals surface area contributed by atoms with Crippen molar-refractivity contribution in [3.05, 3.63) is 66.6 Å². The second-order valence-corrected chi connectivity index (χ2v) is 23.9. The van der Waals surface area contributed by atoms with E-state index in [-0.39, 0.29) is 11.6 Å². The molecule has 0 aliphatic heterocycles. The van der Waals surface area contributed by atoms with Gasteiger partial charge in [0.2, 0.25) is 0 Å². The van der Waals surface area contributed by atoms with E-state index in [9.17, 15) is 4.79 Å². The van der Waals surface area contributed by atoms with Gasteiger partial charge in [-0.25, -0.2) is 4.39 Å². The maximum Gasteiger partial charge on any atom is 0.175 e. The number of halogens is 1. The van der Waals surface area contributed by atoms with E-state index in [4.69, 9.17) is 0 Å². The maximum absolute atomic E-state index is 16.3. The fourth-order valence-electron chi connectivity index (χ4n) is 8.78. The van der Waals surface area contributed by atoms with Crippen molar-refractivity contribution in [2.45, 2.75) is 176 Å². The number of Topliss-reactive ketones (excluding diaryl/α,β-unsaturated/α-hetero) is 1. The average Bonchev–Trinajstić information content (AvgIpc) is 4.10. The van der Waals surface area contributed by atoms with Crippen molar-refractivity contribution < 1.29 is 9.18 Å². The minimum absolute atomic E-state index is 0.0296. The van der Waals surface area contributed by atoms with Crippen LogP contribution in [0.25, 0.3) is 60.9 Å². The molecule has 0 unspecified atom stereocenters. The SMILES string of the molecule is CCCCCCCCCC(=O)c1sc2c(-c3cc4c(-c5ccc(CCCCCCCC)s5)c5sc(C)cc5c(-c5ccc(CCCCCCCC)s5)c4s3)sc(C)c2c1F. The molecule has 8 heteroatoms. The number of carbonyl (C=O) groups is 1. The molecule has 0 spiro atoms. The topological polar surface area (TPSA) is 17.1 Å². The van der Waals surface area contributed by atoms with Gasteiger partial charge in [0.25, 0.3) is 0 Å². The molecule has 60 heavy (non-hydrogen) atoms. The van der Waals surface area contributed by atoms with Gasteiger partial charge in [0.1, 0.15) is 4.88 Å². The molecule has 0 amide bonds. The number of thiophene rings is 6.